The highest BCUT2D eigenvalue weighted by Crippen LogP contribution is 2.17. The molecule has 6 heteroatoms. The van der Waals surface area contributed by atoms with Crippen molar-refractivity contribution in [2.75, 3.05) is 6.54 Å². The van der Waals surface area contributed by atoms with Gasteiger partial charge >= 0.3 is 0 Å². The van der Waals surface area contributed by atoms with Crippen LogP contribution in [0, 0.1) is 0 Å². The van der Waals surface area contributed by atoms with Crippen LogP contribution >= 0.6 is 0 Å². The highest BCUT2D eigenvalue weighted by atomic mass is 15.2. The Bertz CT molecular complexity index is 626. The Labute approximate surface area is 143 Å². The van der Waals surface area contributed by atoms with Crippen molar-refractivity contribution in [1.29, 1.82) is 0 Å². The molecule has 0 aliphatic heterocycles. The maximum absolute atomic E-state index is 4.71. The zero-order chi connectivity index (χ0) is 16.6. The smallest absolute Gasteiger partial charge is 0.191 e. The second kappa shape index (κ2) is 8.47. The lowest BCUT2D eigenvalue weighted by Gasteiger charge is -2.24. The second-order valence-electron chi connectivity index (χ2n) is 6.17. The summed E-state index contributed by atoms with van der Waals surface area (Å²) in [6.07, 6.45) is 13.7. The van der Waals surface area contributed by atoms with Gasteiger partial charge in [-0.25, -0.2) is 15.0 Å². The first-order valence-corrected chi connectivity index (χ1v) is 8.83. The van der Waals surface area contributed by atoms with E-state index in [1.54, 1.807) is 12.5 Å². The van der Waals surface area contributed by atoms with Crippen LogP contribution in [0.1, 0.15) is 44.6 Å². The number of pyridine rings is 1. The van der Waals surface area contributed by atoms with Crippen molar-refractivity contribution in [1.82, 2.24) is 25.2 Å². The Morgan fingerprint density at radius 1 is 1.29 bits per heavy atom. The summed E-state index contributed by atoms with van der Waals surface area (Å²) in [6, 6.07) is 4.61. The Morgan fingerprint density at radius 2 is 2.17 bits per heavy atom. The van der Waals surface area contributed by atoms with Gasteiger partial charge in [0.05, 0.1) is 6.54 Å². The molecule has 0 saturated heterocycles. The lowest BCUT2D eigenvalue weighted by molar-refractivity contribution is 0.410. The lowest BCUT2D eigenvalue weighted by Crippen LogP contribution is -2.44. The standard InChI is InChI=1S/C18H26N6/c1-2-20-18(23-16-6-4-3-5-7-16)22-13-15-8-9-17(21-12-15)24-11-10-19-14-24/h8-12,14,16H,2-7,13H2,1H3,(H2,20,22,23). The van der Waals surface area contributed by atoms with E-state index in [-0.39, 0.29) is 0 Å². The van der Waals surface area contributed by atoms with E-state index in [0.717, 1.165) is 23.9 Å². The minimum atomic E-state index is 0.554. The number of aromatic nitrogens is 3. The first-order chi connectivity index (χ1) is 11.8. The quantitative estimate of drug-likeness (QED) is 0.655. The van der Waals surface area contributed by atoms with Crippen LogP contribution in [0.5, 0.6) is 0 Å². The fourth-order valence-corrected chi connectivity index (χ4v) is 2.99. The number of rotatable bonds is 5. The van der Waals surface area contributed by atoms with Gasteiger partial charge in [0.1, 0.15) is 12.1 Å². The molecule has 1 aliphatic rings. The van der Waals surface area contributed by atoms with Crippen LogP contribution in [0.25, 0.3) is 5.82 Å². The van der Waals surface area contributed by atoms with Crippen LogP contribution in [0.15, 0.2) is 42.0 Å². The highest BCUT2D eigenvalue weighted by molar-refractivity contribution is 5.80. The summed E-state index contributed by atoms with van der Waals surface area (Å²) in [7, 11) is 0. The molecular weight excluding hydrogens is 300 g/mol. The molecule has 0 spiro atoms. The maximum atomic E-state index is 4.71. The first kappa shape index (κ1) is 16.5. The van der Waals surface area contributed by atoms with Crippen LogP contribution in [0.4, 0.5) is 0 Å². The summed E-state index contributed by atoms with van der Waals surface area (Å²) >= 11 is 0. The third-order valence-electron chi connectivity index (χ3n) is 4.29. The summed E-state index contributed by atoms with van der Waals surface area (Å²) in [5.41, 5.74) is 1.10. The van der Waals surface area contributed by atoms with Gasteiger partial charge in [0.25, 0.3) is 0 Å². The molecule has 6 nitrogen and oxygen atoms in total. The van der Waals surface area contributed by atoms with Crippen molar-refractivity contribution in [3.05, 3.63) is 42.6 Å². The zero-order valence-electron chi connectivity index (χ0n) is 14.3. The molecule has 2 aromatic heterocycles. The topological polar surface area (TPSA) is 67.1 Å². The molecule has 0 amide bonds. The molecule has 3 rings (SSSR count). The Hall–Kier alpha value is -2.37. The van der Waals surface area contributed by atoms with E-state index < -0.39 is 0 Å². The molecule has 128 valence electrons. The lowest BCUT2D eigenvalue weighted by atomic mass is 9.96. The molecule has 1 aliphatic carbocycles. The number of hydrogen-bond acceptors (Lipinski definition) is 3. The largest absolute Gasteiger partial charge is 0.357 e. The molecule has 1 saturated carbocycles. The number of nitrogens with zero attached hydrogens (tertiary/aromatic N) is 4. The van der Waals surface area contributed by atoms with Gasteiger partial charge in [-0.05, 0) is 31.4 Å². The van der Waals surface area contributed by atoms with Crippen molar-refractivity contribution >= 4 is 5.96 Å². The fraction of sp³-hybridized carbons (Fsp3) is 0.500. The van der Waals surface area contributed by atoms with Crippen molar-refractivity contribution in [3.63, 3.8) is 0 Å². The predicted molar refractivity (Wildman–Crippen MR) is 96.2 cm³/mol. The molecule has 24 heavy (non-hydrogen) atoms. The number of aliphatic imine (C=N–C) groups is 1. The molecule has 0 atom stereocenters. The van der Waals surface area contributed by atoms with Gasteiger partial charge in [-0.1, -0.05) is 25.3 Å². The molecule has 2 heterocycles. The highest BCUT2D eigenvalue weighted by Gasteiger charge is 2.14. The number of hydrogen-bond donors (Lipinski definition) is 2. The summed E-state index contributed by atoms with van der Waals surface area (Å²) in [4.78, 5) is 13.2. The Morgan fingerprint density at radius 3 is 2.83 bits per heavy atom. The van der Waals surface area contributed by atoms with Gasteiger partial charge < -0.3 is 10.6 Å². The molecule has 2 N–H and O–H groups in total. The SMILES string of the molecule is CCNC(=NCc1ccc(-n2ccnc2)nc1)NC1CCCCC1. The van der Waals surface area contributed by atoms with E-state index in [0.29, 0.717) is 12.6 Å². The Kier molecular flexibility index (Phi) is 5.82. The molecule has 1 fully saturated rings. The van der Waals surface area contributed by atoms with Crippen molar-refractivity contribution in [2.45, 2.75) is 51.6 Å². The third-order valence-corrected chi connectivity index (χ3v) is 4.29. The Balaban J connectivity index is 1.60. The summed E-state index contributed by atoms with van der Waals surface area (Å²) in [6.45, 7) is 3.59. The average molecular weight is 326 g/mol. The minimum absolute atomic E-state index is 0.554. The van der Waals surface area contributed by atoms with E-state index in [9.17, 15) is 0 Å². The zero-order valence-corrected chi connectivity index (χ0v) is 14.3. The third kappa shape index (κ3) is 4.57. The van der Waals surface area contributed by atoms with E-state index >= 15 is 0 Å². The van der Waals surface area contributed by atoms with Crippen molar-refractivity contribution in [2.24, 2.45) is 4.99 Å². The molecule has 0 unspecified atom stereocenters. The molecule has 0 aromatic carbocycles. The number of nitrogens with one attached hydrogen (secondary N) is 2. The van der Waals surface area contributed by atoms with E-state index in [1.165, 1.54) is 32.1 Å². The predicted octanol–water partition coefficient (Wildman–Crippen LogP) is 2.66. The number of imidazole rings is 1. The monoisotopic (exact) mass is 326 g/mol. The summed E-state index contributed by atoms with van der Waals surface area (Å²) in [5.74, 6) is 1.77. The first-order valence-electron chi connectivity index (χ1n) is 8.83. The average Bonchev–Trinajstić information content (AvgIpc) is 3.16. The van der Waals surface area contributed by atoms with E-state index in [1.807, 2.05) is 23.0 Å². The van der Waals surface area contributed by atoms with Gasteiger partial charge in [0, 0.05) is 31.2 Å². The van der Waals surface area contributed by atoms with Crippen LogP contribution in [-0.2, 0) is 6.54 Å². The molecule has 2 aromatic rings. The number of guanidine groups is 1. The van der Waals surface area contributed by atoms with Crippen molar-refractivity contribution in [3.8, 4) is 5.82 Å². The van der Waals surface area contributed by atoms with Crippen LogP contribution in [-0.4, -0.2) is 33.1 Å². The normalized spacial score (nSPS) is 16.1. The summed E-state index contributed by atoms with van der Waals surface area (Å²) < 4.78 is 1.89. The van der Waals surface area contributed by atoms with Crippen LogP contribution < -0.4 is 10.6 Å². The summed E-state index contributed by atoms with van der Waals surface area (Å²) in [5, 5.41) is 6.91. The fourth-order valence-electron chi connectivity index (χ4n) is 2.99. The molecule has 0 radical (unpaired) electrons. The van der Waals surface area contributed by atoms with E-state index in [2.05, 4.69) is 33.6 Å². The van der Waals surface area contributed by atoms with Crippen LogP contribution in [0.3, 0.4) is 0 Å². The van der Waals surface area contributed by atoms with Gasteiger partial charge in [-0.15, -0.1) is 0 Å². The van der Waals surface area contributed by atoms with E-state index in [4.69, 9.17) is 4.99 Å². The van der Waals surface area contributed by atoms with Gasteiger partial charge in [-0.2, -0.15) is 0 Å². The van der Waals surface area contributed by atoms with Gasteiger partial charge in [0.15, 0.2) is 5.96 Å². The molecular formula is C18H26N6. The molecule has 0 bridgehead atoms. The van der Waals surface area contributed by atoms with Crippen LogP contribution in [0.2, 0.25) is 0 Å². The maximum Gasteiger partial charge on any atom is 0.191 e. The second-order valence-corrected chi connectivity index (χ2v) is 6.17. The van der Waals surface area contributed by atoms with Crippen molar-refractivity contribution < 1.29 is 0 Å². The minimum Gasteiger partial charge on any atom is -0.357 e. The van der Waals surface area contributed by atoms with Gasteiger partial charge in [-0.3, -0.25) is 4.57 Å². The van der Waals surface area contributed by atoms with Gasteiger partial charge in [0.2, 0.25) is 0 Å².